The van der Waals surface area contributed by atoms with Gasteiger partial charge in [-0.3, -0.25) is 4.79 Å². The van der Waals surface area contributed by atoms with Crippen molar-refractivity contribution in [3.05, 3.63) is 58.0 Å². The molecule has 116 valence electrons. The smallest absolute Gasteiger partial charge is 0.374 e. The standard InChI is InChI=1S/C16H16BrNO4/c1-10-3-5-12(6-4-10)11(2)18-15(19)9-21-16(20)13-7-8-14(17)22-13/h3-8,11H,9H2,1-2H3,(H,18,19)/t11-/m1/s1. The first-order valence-electron chi connectivity index (χ1n) is 6.74. The summed E-state index contributed by atoms with van der Waals surface area (Å²) in [5, 5.41) is 2.77. The maximum atomic E-state index is 11.8. The van der Waals surface area contributed by atoms with Gasteiger partial charge >= 0.3 is 5.97 Å². The first-order valence-corrected chi connectivity index (χ1v) is 7.53. The lowest BCUT2D eigenvalue weighted by atomic mass is 10.1. The van der Waals surface area contributed by atoms with Gasteiger partial charge in [0.2, 0.25) is 5.76 Å². The van der Waals surface area contributed by atoms with Crippen LogP contribution in [0, 0.1) is 6.92 Å². The molecule has 0 saturated heterocycles. The van der Waals surface area contributed by atoms with Crippen LogP contribution in [0.25, 0.3) is 0 Å². The van der Waals surface area contributed by atoms with Gasteiger partial charge in [-0.2, -0.15) is 0 Å². The van der Waals surface area contributed by atoms with E-state index in [9.17, 15) is 9.59 Å². The third-order valence-electron chi connectivity index (χ3n) is 3.06. The molecule has 0 radical (unpaired) electrons. The van der Waals surface area contributed by atoms with Gasteiger partial charge in [0.25, 0.3) is 5.91 Å². The molecule has 1 aromatic heterocycles. The van der Waals surface area contributed by atoms with E-state index in [4.69, 9.17) is 9.15 Å². The zero-order chi connectivity index (χ0) is 16.1. The van der Waals surface area contributed by atoms with Crippen molar-refractivity contribution in [1.82, 2.24) is 5.32 Å². The monoisotopic (exact) mass is 365 g/mol. The van der Waals surface area contributed by atoms with Gasteiger partial charge in [-0.25, -0.2) is 4.79 Å². The largest absolute Gasteiger partial charge is 0.450 e. The molecule has 0 spiro atoms. The minimum Gasteiger partial charge on any atom is -0.450 e. The summed E-state index contributed by atoms with van der Waals surface area (Å²) in [6, 6.07) is 10.7. The molecule has 0 unspecified atom stereocenters. The molecule has 0 saturated carbocycles. The lowest BCUT2D eigenvalue weighted by Crippen LogP contribution is -2.31. The van der Waals surface area contributed by atoms with Crippen LogP contribution >= 0.6 is 15.9 Å². The summed E-state index contributed by atoms with van der Waals surface area (Å²) in [5.41, 5.74) is 2.14. The number of hydrogen-bond donors (Lipinski definition) is 1. The second kappa shape index (κ2) is 7.26. The third kappa shape index (κ3) is 4.46. The zero-order valence-corrected chi connectivity index (χ0v) is 13.8. The van der Waals surface area contributed by atoms with Crippen molar-refractivity contribution in [2.45, 2.75) is 19.9 Å². The van der Waals surface area contributed by atoms with E-state index >= 15 is 0 Å². The predicted octanol–water partition coefficient (Wildman–Crippen LogP) is 3.38. The molecular formula is C16H16BrNO4. The van der Waals surface area contributed by atoms with E-state index in [0.717, 1.165) is 11.1 Å². The quantitative estimate of drug-likeness (QED) is 0.824. The number of aryl methyl sites for hydroxylation is 1. The average molecular weight is 366 g/mol. The highest BCUT2D eigenvalue weighted by molar-refractivity contribution is 9.10. The average Bonchev–Trinajstić information content (AvgIpc) is 2.92. The molecule has 0 bridgehead atoms. The first kappa shape index (κ1) is 16.3. The van der Waals surface area contributed by atoms with E-state index in [0.29, 0.717) is 4.67 Å². The van der Waals surface area contributed by atoms with Gasteiger partial charge < -0.3 is 14.5 Å². The number of carbonyl (C=O) groups is 2. The van der Waals surface area contributed by atoms with Crippen molar-refractivity contribution in [2.75, 3.05) is 6.61 Å². The Kier molecular flexibility index (Phi) is 5.38. The molecule has 1 amide bonds. The minimum absolute atomic E-state index is 0.0475. The number of carbonyl (C=O) groups excluding carboxylic acids is 2. The Morgan fingerprint density at radius 3 is 2.50 bits per heavy atom. The van der Waals surface area contributed by atoms with Gasteiger partial charge in [0.1, 0.15) is 0 Å². The summed E-state index contributed by atoms with van der Waals surface area (Å²) in [6.07, 6.45) is 0. The topological polar surface area (TPSA) is 68.5 Å². The van der Waals surface area contributed by atoms with Crippen molar-refractivity contribution in [1.29, 1.82) is 0 Å². The van der Waals surface area contributed by atoms with Crippen LogP contribution in [-0.4, -0.2) is 18.5 Å². The number of rotatable bonds is 5. The van der Waals surface area contributed by atoms with Crippen LogP contribution in [0.1, 0.15) is 34.6 Å². The molecule has 2 rings (SSSR count). The van der Waals surface area contributed by atoms with E-state index in [1.165, 1.54) is 6.07 Å². The van der Waals surface area contributed by atoms with E-state index in [1.54, 1.807) is 6.07 Å². The summed E-state index contributed by atoms with van der Waals surface area (Å²) in [5.74, 6) is -0.998. The van der Waals surface area contributed by atoms with Gasteiger partial charge in [0.15, 0.2) is 11.3 Å². The van der Waals surface area contributed by atoms with Gasteiger partial charge in [-0.05, 0) is 47.5 Å². The summed E-state index contributed by atoms with van der Waals surface area (Å²) in [7, 11) is 0. The Morgan fingerprint density at radius 2 is 1.91 bits per heavy atom. The van der Waals surface area contributed by atoms with E-state index in [1.807, 2.05) is 38.1 Å². The second-order valence-corrected chi connectivity index (χ2v) is 5.66. The van der Waals surface area contributed by atoms with Crippen LogP contribution in [-0.2, 0) is 9.53 Å². The molecule has 1 N–H and O–H groups in total. The number of esters is 1. The van der Waals surface area contributed by atoms with Crippen LogP contribution in [0.5, 0.6) is 0 Å². The molecule has 6 heteroatoms. The van der Waals surface area contributed by atoms with E-state index < -0.39 is 5.97 Å². The van der Waals surface area contributed by atoms with Crippen LogP contribution in [0.2, 0.25) is 0 Å². The molecule has 1 aromatic carbocycles. The number of benzene rings is 1. The molecule has 2 aromatic rings. The highest BCUT2D eigenvalue weighted by Crippen LogP contribution is 2.15. The van der Waals surface area contributed by atoms with Crippen molar-refractivity contribution >= 4 is 27.8 Å². The Bertz CT molecular complexity index is 663. The second-order valence-electron chi connectivity index (χ2n) is 4.88. The lowest BCUT2D eigenvalue weighted by Gasteiger charge is -2.14. The highest BCUT2D eigenvalue weighted by Gasteiger charge is 2.15. The van der Waals surface area contributed by atoms with Crippen molar-refractivity contribution in [2.24, 2.45) is 0 Å². The maximum absolute atomic E-state index is 11.8. The number of hydrogen-bond acceptors (Lipinski definition) is 4. The van der Waals surface area contributed by atoms with E-state index in [2.05, 4.69) is 21.2 Å². The molecule has 22 heavy (non-hydrogen) atoms. The fraction of sp³-hybridized carbons (Fsp3) is 0.250. The van der Waals surface area contributed by atoms with Gasteiger partial charge in [-0.15, -0.1) is 0 Å². The van der Waals surface area contributed by atoms with Crippen LogP contribution in [0.4, 0.5) is 0 Å². The van der Waals surface area contributed by atoms with Crippen LogP contribution in [0.15, 0.2) is 45.5 Å². The summed E-state index contributed by atoms with van der Waals surface area (Å²) in [4.78, 5) is 23.4. The maximum Gasteiger partial charge on any atom is 0.374 e. The molecule has 0 aliphatic rings. The number of ether oxygens (including phenoxy) is 1. The van der Waals surface area contributed by atoms with Gasteiger partial charge in [-0.1, -0.05) is 29.8 Å². The van der Waals surface area contributed by atoms with E-state index in [-0.39, 0.29) is 24.3 Å². The highest BCUT2D eigenvalue weighted by atomic mass is 79.9. The summed E-state index contributed by atoms with van der Waals surface area (Å²) >= 11 is 3.09. The number of furan rings is 1. The zero-order valence-electron chi connectivity index (χ0n) is 12.3. The fourth-order valence-corrected chi connectivity index (χ4v) is 2.15. The Hall–Kier alpha value is -2.08. The molecule has 0 aliphatic heterocycles. The Morgan fingerprint density at radius 1 is 1.23 bits per heavy atom. The number of nitrogens with one attached hydrogen (secondary N) is 1. The summed E-state index contributed by atoms with van der Waals surface area (Å²) < 4.78 is 10.4. The molecule has 0 fully saturated rings. The SMILES string of the molecule is Cc1ccc([C@@H](C)NC(=O)COC(=O)c2ccc(Br)o2)cc1. The third-order valence-corrected chi connectivity index (χ3v) is 3.49. The number of halogens is 1. The minimum atomic E-state index is -0.677. The number of amides is 1. The lowest BCUT2D eigenvalue weighted by molar-refractivity contribution is -0.124. The first-order chi connectivity index (χ1) is 10.5. The summed E-state index contributed by atoms with van der Waals surface area (Å²) in [6.45, 7) is 3.51. The van der Waals surface area contributed by atoms with Crippen LogP contribution in [0.3, 0.4) is 0 Å². The molecular weight excluding hydrogens is 350 g/mol. The van der Waals surface area contributed by atoms with Gasteiger partial charge in [0, 0.05) is 0 Å². The Balaban J connectivity index is 1.82. The van der Waals surface area contributed by atoms with Crippen LogP contribution < -0.4 is 5.32 Å². The Labute approximate surface area is 136 Å². The normalized spacial score (nSPS) is 11.8. The molecule has 1 heterocycles. The fourth-order valence-electron chi connectivity index (χ4n) is 1.85. The molecule has 0 aliphatic carbocycles. The van der Waals surface area contributed by atoms with Crippen molar-refractivity contribution in [3.8, 4) is 0 Å². The van der Waals surface area contributed by atoms with Crippen molar-refractivity contribution in [3.63, 3.8) is 0 Å². The molecule has 5 nitrogen and oxygen atoms in total. The van der Waals surface area contributed by atoms with Gasteiger partial charge in [0.05, 0.1) is 6.04 Å². The predicted molar refractivity (Wildman–Crippen MR) is 84.4 cm³/mol. The van der Waals surface area contributed by atoms with Crippen molar-refractivity contribution < 1.29 is 18.7 Å². The molecule has 1 atom stereocenters.